The Hall–Kier alpha value is -1.23. The highest BCUT2D eigenvalue weighted by Crippen LogP contribution is 2.32. The lowest BCUT2D eigenvalue weighted by Gasteiger charge is -2.28. The van der Waals surface area contributed by atoms with E-state index in [1.165, 1.54) is 18.2 Å². The van der Waals surface area contributed by atoms with Crippen LogP contribution >= 0.6 is 15.9 Å². The van der Waals surface area contributed by atoms with Crippen LogP contribution in [0, 0.1) is 0 Å². The summed E-state index contributed by atoms with van der Waals surface area (Å²) in [6.45, 7) is 0. The third kappa shape index (κ3) is 2.77. The van der Waals surface area contributed by atoms with Crippen LogP contribution in [0.25, 0.3) is 0 Å². The van der Waals surface area contributed by atoms with Crippen molar-refractivity contribution in [3.05, 3.63) is 23.8 Å². The van der Waals surface area contributed by atoms with Crippen LogP contribution in [0.1, 0.15) is 36.0 Å². The summed E-state index contributed by atoms with van der Waals surface area (Å²) >= 11 is 3.45. The maximum absolute atomic E-state index is 12.1. The number of carbonyl (C=O) groups is 1. The van der Waals surface area contributed by atoms with Gasteiger partial charge in [-0.15, -0.1) is 0 Å². The van der Waals surface area contributed by atoms with Crippen LogP contribution in [0.5, 0.6) is 11.5 Å². The minimum atomic E-state index is -0.262. The summed E-state index contributed by atoms with van der Waals surface area (Å²) in [5.74, 6) is -0.485. The lowest BCUT2D eigenvalue weighted by atomic mass is 10.00. The van der Waals surface area contributed by atoms with Gasteiger partial charge in [0.05, 0.1) is 5.54 Å². The molecule has 5 heteroatoms. The summed E-state index contributed by atoms with van der Waals surface area (Å²) < 4.78 is 0. The zero-order valence-electron chi connectivity index (χ0n) is 9.95. The molecule has 1 fully saturated rings. The van der Waals surface area contributed by atoms with Gasteiger partial charge in [-0.3, -0.25) is 4.79 Å². The van der Waals surface area contributed by atoms with E-state index >= 15 is 0 Å². The van der Waals surface area contributed by atoms with Crippen molar-refractivity contribution in [3.8, 4) is 11.5 Å². The molecule has 0 bridgehead atoms. The molecule has 18 heavy (non-hydrogen) atoms. The molecule has 0 aliphatic heterocycles. The number of halogens is 1. The number of phenols is 2. The number of benzene rings is 1. The second kappa shape index (κ2) is 5.18. The molecule has 0 aromatic heterocycles. The normalized spacial score (nSPS) is 17.6. The van der Waals surface area contributed by atoms with Crippen LogP contribution in [0.3, 0.4) is 0 Å². The number of carbonyl (C=O) groups excluding carboxylic acids is 1. The van der Waals surface area contributed by atoms with Gasteiger partial charge in [0.25, 0.3) is 5.91 Å². The Morgan fingerprint density at radius 2 is 1.78 bits per heavy atom. The molecule has 3 N–H and O–H groups in total. The number of hydrogen-bond donors (Lipinski definition) is 3. The summed E-state index contributed by atoms with van der Waals surface area (Å²) in [7, 11) is 0. The van der Waals surface area contributed by atoms with Gasteiger partial charge in [0.1, 0.15) is 11.5 Å². The Labute approximate surface area is 114 Å². The second-order valence-corrected chi connectivity index (χ2v) is 5.37. The Balaban J connectivity index is 2.16. The molecule has 0 atom stereocenters. The molecule has 0 saturated heterocycles. The first-order valence-corrected chi connectivity index (χ1v) is 7.08. The highest BCUT2D eigenvalue weighted by molar-refractivity contribution is 9.09. The third-order valence-corrected chi connectivity index (χ3v) is 4.43. The van der Waals surface area contributed by atoms with Gasteiger partial charge in [-0.25, -0.2) is 0 Å². The van der Waals surface area contributed by atoms with Crippen LogP contribution in [0.15, 0.2) is 18.2 Å². The lowest BCUT2D eigenvalue weighted by Crippen LogP contribution is -2.47. The van der Waals surface area contributed by atoms with Crippen LogP contribution < -0.4 is 5.32 Å². The zero-order valence-corrected chi connectivity index (χ0v) is 11.5. The van der Waals surface area contributed by atoms with Gasteiger partial charge in [0.2, 0.25) is 0 Å². The molecule has 0 radical (unpaired) electrons. The zero-order chi connectivity index (χ0) is 13.2. The van der Waals surface area contributed by atoms with Gasteiger partial charge >= 0.3 is 0 Å². The number of nitrogens with one attached hydrogen (secondary N) is 1. The molecule has 1 aliphatic rings. The van der Waals surface area contributed by atoms with E-state index < -0.39 is 0 Å². The predicted molar refractivity (Wildman–Crippen MR) is 72.2 cm³/mol. The van der Waals surface area contributed by atoms with Gasteiger partial charge in [0, 0.05) is 17.0 Å². The SMILES string of the molecule is O=C(NC1(CBr)CCCC1)c1cc(O)cc(O)c1. The molecule has 0 unspecified atom stereocenters. The van der Waals surface area contributed by atoms with Crippen molar-refractivity contribution in [2.75, 3.05) is 5.33 Å². The first-order valence-electron chi connectivity index (χ1n) is 5.96. The van der Waals surface area contributed by atoms with E-state index in [1.54, 1.807) is 0 Å². The van der Waals surface area contributed by atoms with Crippen molar-refractivity contribution in [1.29, 1.82) is 0 Å². The van der Waals surface area contributed by atoms with E-state index in [1.807, 2.05) is 0 Å². The molecule has 1 aliphatic carbocycles. The minimum absolute atomic E-state index is 0.112. The highest BCUT2D eigenvalue weighted by atomic mass is 79.9. The molecule has 1 aromatic carbocycles. The quantitative estimate of drug-likeness (QED) is 0.751. The van der Waals surface area contributed by atoms with E-state index in [-0.39, 0.29) is 28.5 Å². The Morgan fingerprint density at radius 1 is 1.22 bits per heavy atom. The van der Waals surface area contributed by atoms with Crippen molar-refractivity contribution in [2.24, 2.45) is 0 Å². The fraction of sp³-hybridized carbons (Fsp3) is 0.462. The van der Waals surface area contributed by atoms with Gasteiger partial charge in [0.15, 0.2) is 0 Å². The van der Waals surface area contributed by atoms with Crippen molar-refractivity contribution < 1.29 is 15.0 Å². The number of phenolic OH excluding ortho intramolecular Hbond substituents is 2. The van der Waals surface area contributed by atoms with Gasteiger partial charge in [-0.1, -0.05) is 28.8 Å². The van der Waals surface area contributed by atoms with Crippen molar-refractivity contribution >= 4 is 21.8 Å². The average Bonchev–Trinajstić information content (AvgIpc) is 2.77. The van der Waals surface area contributed by atoms with Gasteiger partial charge in [-0.2, -0.15) is 0 Å². The van der Waals surface area contributed by atoms with E-state index in [4.69, 9.17) is 0 Å². The molecule has 1 aromatic rings. The summed E-state index contributed by atoms with van der Waals surface area (Å²) in [6.07, 6.45) is 4.12. The molecule has 98 valence electrons. The fourth-order valence-corrected chi connectivity index (χ4v) is 3.08. The number of aromatic hydroxyl groups is 2. The summed E-state index contributed by atoms with van der Waals surface area (Å²) in [6, 6.07) is 3.91. The van der Waals surface area contributed by atoms with Crippen molar-refractivity contribution in [3.63, 3.8) is 0 Å². The molecule has 1 amide bonds. The minimum Gasteiger partial charge on any atom is -0.508 e. The molecule has 4 nitrogen and oxygen atoms in total. The third-order valence-electron chi connectivity index (χ3n) is 3.36. The molecular formula is C13H16BrNO3. The monoisotopic (exact) mass is 313 g/mol. The summed E-state index contributed by atoms with van der Waals surface area (Å²) in [5.41, 5.74) is 0.0813. The maximum Gasteiger partial charge on any atom is 0.252 e. The first-order chi connectivity index (χ1) is 8.54. The Kier molecular flexibility index (Phi) is 3.80. The average molecular weight is 314 g/mol. The van der Waals surface area contributed by atoms with Crippen LogP contribution in [-0.2, 0) is 0 Å². The first kappa shape index (κ1) is 13.2. The summed E-state index contributed by atoms with van der Waals surface area (Å²) in [5, 5.41) is 22.5. The van der Waals surface area contributed by atoms with E-state index in [9.17, 15) is 15.0 Å². The van der Waals surface area contributed by atoms with Crippen molar-refractivity contribution in [2.45, 2.75) is 31.2 Å². The number of hydrogen-bond acceptors (Lipinski definition) is 3. The molecule has 0 heterocycles. The molecular weight excluding hydrogens is 298 g/mol. The van der Waals surface area contributed by atoms with Gasteiger partial charge < -0.3 is 15.5 Å². The molecule has 1 saturated carbocycles. The largest absolute Gasteiger partial charge is 0.508 e. The van der Waals surface area contributed by atoms with Gasteiger partial charge in [-0.05, 0) is 25.0 Å². The Bertz CT molecular complexity index is 435. The topological polar surface area (TPSA) is 69.6 Å². The predicted octanol–water partition coefficient (Wildman–Crippen LogP) is 2.54. The standard InChI is InChI=1S/C13H16BrNO3/c14-8-13(3-1-2-4-13)15-12(18)9-5-10(16)7-11(17)6-9/h5-7,16-17H,1-4,8H2,(H,15,18). The number of amides is 1. The second-order valence-electron chi connectivity index (χ2n) is 4.81. The highest BCUT2D eigenvalue weighted by Gasteiger charge is 2.34. The fourth-order valence-electron chi connectivity index (χ4n) is 2.38. The van der Waals surface area contributed by atoms with E-state index in [0.29, 0.717) is 0 Å². The number of alkyl halides is 1. The molecule has 2 rings (SSSR count). The van der Waals surface area contributed by atoms with Crippen LogP contribution in [0.4, 0.5) is 0 Å². The summed E-state index contributed by atoms with van der Waals surface area (Å²) in [4.78, 5) is 12.1. The van der Waals surface area contributed by atoms with Crippen LogP contribution in [-0.4, -0.2) is 27.0 Å². The smallest absolute Gasteiger partial charge is 0.252 e. The number of rotatable bonds is 3. The molecule has 0 spiro atoms. The Morgan fingerprint density at radius 3 is 2.28 bits per heavy atom. The lowest BCUT2D eigenvalue weighted by molar-refractivity contribution is 0.0909. The van der Waals surface area contributed by atoms with Crippen LogP contribution in [0.2, 0.25) is 0 Å². The van der Waals surface area contributed by atoms with Crippen molar-refractivity contribution in [1.82, 2.24) is 5.32 Å². The van der Waals surface area contributed by atoms with E-state index in [2.05, 4.69) is 21.2 Å². The van der Waals surface area contributed by atoms with E-state index in [0.717, 1.165) is 31.0 Å². The maximum atomic E-state index is 12.1.